The average Bonchev–Trinajstić information content (AvgIpc) is 2.83. The molecule has 2 rings (SSSR count). The molecule has 2 heterocycles. The normalized spacial score (nSPS) is 30.8. The van der Waals surface area contributed by atoms with Gasteiger partial charge in [0.25, 0.3) is 0 Å². The van der Waals surface area contributed by atoms with Gasteiger partial charge in [0.05, 0.1) is 5.60 Å². The molecule has 0 aromatic heterocycles. The maximum Gasteiger partial charge on any atom is 0.0768 e. The topological polar surface area (TPSA) is 35.5 Å². The van der Waals surface area contributed by atoms with Crippen LogP contribution in [0.5, 0.6) is 0 Å². The molecule has 2 unspecified atom stereocenters. The molecule has 2 N–H and O–H groups in total. The van der Waals surface area contributed by atoms with Crippen molar-refractivity contribution < 1.29 is 5.11 Å². The lowest BCUT2D eigenvalue weighted by Crippen LogP contribution is -2.48. The number of β-amino-alcohol motifs (C(OH)–C–C–N with tert-alkyl or cyclic N) is 1. The molecule has 2 aliphatic heterocycles. The summed E-state index contributed by atoms with van der Waals surface area (Å²) in [5, 5.41) is 14.0. The number of nitrogens with zero attached hydrogens (tertiary/aromatic N) is 1. The van der Waals surface area contributed by atoms with E-state index in [4.69, 9.17) is 0 Å². The Morgan fingerprint density at radius 2 is 1.94 bits per heavy atom. The summed E-state index contributed by atoms with van der Waals surface area (Å²) < 4.78 is 0. The Balaban J connectivity index is 1.76. The smallest absolute Gasteiger partial charge is 0.0768 e. The third-order valence-corrected chi connectivity index (χ3v) is 5.09. The molecular weight excluding hydrogens is 224 g/mol. The lowest BCUT2D eigenvalue weighted by molar-refractivity contribution is -0.0268. The van der Waals surface area contributed by atoms with Crippen LogP contribution in [0.1, 0.15) is 46.5 Å². The minimum atomic E-state index is -0.543. The van der Waals surface area contributed by atoms with Gasteiger partial charge in [-0.25, -0.2) is 0 Å². The summed E-state index contributed by atoms with van der Waals surface area (Å²) in [6.45, 7) is 10.5. The number of rotatable bonds is 4. The first kappa shape index (κ1) is 14.3. The molecule has 0 radical (unpaired) electrons. The molecule has 2 fully saturated rings. The van der Waals surface area contributed by atoms with Crippen molar-refractivity contribution >= 4 is 0 Å². The van der Waals surface area contributed by atoms with E-state index in [1.807, 2.05) is 6.92 Å². The number of piperidine rings is 1. The minimum Gasteiger partial charge on any atom is -0.389 e. The van der Waals surface area contributed by atoms with E-state index in [-0.39, 0.29) is 0 Å². The lowest BCUT2D eigenvalue weighted by atomic mass is 9.86. The summed E-state index contributed by atoms with van der Waals surface area (Å²) >= 11 is 0. The maximum atomic E-state index is 10.4. The third-order valence-electron chi connectivity index (χ3n) is 5.09. The van der Waals surface area contributed by atoms with Crippen LogP contribution in [0.15, 0.2) is 0 Å². The zero-order valence-corrected chi connectivity index (χ0v) is 12.3. The predicted octanol–water partition coefficient (Wildman–Crippen LogP) is 1.86. The van der Waals surface area contributed by atoms with E-state index < -0.39 is 5.60 Å². The molecule has 3 nitrogen and oxygen atoms in total. The zero-order chi connectivity index (χ0) is 13.2. The number of hydrogen-bond donors (Lipinski definition) is 2. The lowest BCUT2D eigenvalue weighted by Gasteiger charge is -2.39. The van der Waals surface area contributed by atoms with Gasteiger partial charge in [0.2, 0.25) is 0 Å². The highest BCUT2D eigenvalue weighted by atomic mass is 16.3. The molecule has 0 spiro atoms. The maximum absolute atomic E-state index is 10.4. The summed E-state index contributed by atoms with van der Waals surface area (Å²) in [5.74, 6) is 1.19. The van der Waals surface area contributed by atoms with Crippen LogP contribution in [-0.4, -0.2) is 47.8 Å². The highest BCUT2D eigenvalue weighted by molar-refractivity contribution is 4.88. The molecule has 0 saturated carbocycles. The van der Waals surface area contributed by atoms with Crippen molar-refractivity contribution in [1.82, 2.24) is 10.2 Å². The largest absolute Gasteiger partial charge is 0.389 e. The Hall–Kier alpha value is -0.120. The molecule has 18 heavy (non-hydrogen) atoms. The summed E-state index contributed by atoms with van der Waals surface area (Å²) in [4.78, 5) is 2.45. The van der Waals surface area contributed by atoms with Crippen molar-refractivity contribution in [1.29, 1.82) is 0 Å². The Morgan fingerprint density at radius 1 is 1.28 bits per heavy atom. The van der Waals surface area contributed by atoms with E-state index >= 15 is 0 Å². The monoisotopic (exact) mass is 254 g/mol. The Morgan fingerprint density at radius 3 is 2.44 bits per heavy atom. The van der Waals surface area contributed by atoms with Gasteiger partial charge in [0, 0.05) is 12.6 Å². The fraction of sp³-hybridized carbons (Fsp3) is 1.00. The molecule has 0 aliphatic carbocycles. The van der Waals surface area contributed by atoms with Crippen molar-refractivity contribution in [2.75, 3.05) is 26.2 Å². The van der Waals surface area contributed by atoms with Crippen LogP contribution in [0, 0.1) is 11.8 Å². The standard InChI is InChI=1S/C15H30N2O/c1-12(2)15(3,18)11-17-9-6-13(7-10-17)14-5-4-8-16-14/h12-14,16,18H,4-11H2,1-3H3. The van der Waals surface area contributed by atoms with Crippen molar-refractivity contribution in [2.45, 2.75) is 58.1 Å². The van der Waals surface area contributed by atoms with Gasteiger partial charge in [-0.05, 0) is 64.1 Å². The van der Waals surface area contributed by atoms with Gasteiger partial charge >= 0.3 is 0 Å². The van der Waals surface area contributed by atoms with Gasteiger partial charge in [-0.1, -0.05) is 13.8 Å². The molecule has 2 saturated heterocycles. The summed E-state index contributed by atoms with van der Waals surface area (Å²) in [6.07, 6.45) is 5.32. The summed E-state index contributed by atoms with van der Waals surface area (Å²) in [6, 6.07) is 0.776. The molecule has 0 bridgehead atoms. The van der Waals surface area contributed by atoms with E-state index in [1.54, 1.807) is 0 Å². The Labute approximate surface area is 112 Å². The van der Waals surface area contributed by atoms with Crippen molar-refractivity contribution in [3.05, 3.63) is 0 Å². The molecule has 0 aromatic carbocycles. The van der Waals surface area contributed by atoms with E-state index in [2.05, 4.69) is 24.1 Å². The summed E-state index contributed by atoms with van der Waals surface area (Å²) in [7, 11) is 0. The number of likely N-dealkylation sites (tertiary alicyclic amines) is 1. The van der Waals surface area contributed by atoms with E-state index in [9.17, 15) is 5.11 Å². The van der Waals surface area contributed by atoms with Gasteiger partial charge in [0.15, 0.2) is 0 Å². The average molecular weight is 254 g/mol. The third kappa shape index (κ3) is 3.46. The molecule has 106 valence electrons. The van der Waals surface area contributed by atoms with Crippen LogP contribution in [0.3, 0.4) is 0 Å². The molecule has 0 aromatic rings. The molecule has 3 heteroatoms. The Bertz CT molecular complexity index is 251. The van der Waals surface area contributed by atoms with Gasteiger partial charge < -0.3 is 15.3 Å². The number of aliphatic hydroxyl groups is 1. The Kier molecular flexibility index (Phi) is 4.68. The first-order valence-electron chi connectivity index (χ1n) is 7.67. The van der Waals surface area contributed by atoms with Crippen LogP contribution < -0.4 is 5.32 Å². The summed E-state index contributed by atoms with van der Waals surface area (Å²) in [5.41, 5.74) is -0.543. The van der Waals surface area contributed by atoms with Crippen LogP contribution in [0.4, 0.5) is 0 Å². The van der Waals surface area contributed by atoms with E-state index in [0.29, 0.717) is 5.92 Å². The fourth-order valence-corrected chi connectivity index (χ4v) is 3.26. The van der Waals surface area contributed by atoms with Crippen LogP contribution in [0.25, 0.3) is 0 Å². The van der Waals surface area contributed by atoms with Gasteiger partial charge in [0.1, 0.15) is 0 Å². The molecule has 2 aliphatic rings. The van der Waals surface area contributed by atoms with Crippen molar-refractivity contribution in [2.24, 2.45) is 11.8 Å². The number of hydrogen-bond acceptors (Lipinski definition) is 3. The second kappa shape index (κ2) is 5.89. The van der Waals surface area contributed by atoms with E-state index in [1.165, 1.54) is 32.2 Å². The molecule has 0 amide bonds. The molecule has 2 atom stereocenters. The highest BCUT2D eigenvalue weighted by Gasteiger charge is 2.32. The van der Waals surface area contributed by atoms with Crippen LogP contribution >= 0.6 is 0 Å². The van der Waals surface area contributed by atoms with Crippen LogP contribution in [0.2, 0.25) is 0 Å². The van der Waals surface area contributed by atoms with Gasteiger partial charge in [-0.3, -0.25) is 0 Å². The first-order valence-corrected chi connectivity index (χ1v) is 7.67. The SMILES string of the molecule is CC(C)C(C)(O)CN1CCC(C2CCCN2)CC1. The highest BCUT2D eigenvalue weighted by Crippen LogP contribution is 2.27. The van der Waals surface area contributed by atoms with Crippen LogP contribution in [-0.2, 0) is 0 Å². The van der Waals surface area contributed by atoms with E-state index in [0.717, 1.165) is 31.6 Å². The first-order chi connectivity index (χ1) is 8.49. The second-order valence-corrected chi connectivity index (χ2v) is 6.83. The predicted molar refractivity (Wildman–Crippen MR) is 75.7 cm³/mol. The molecular formula is C15H30N2O. The van der Waals surface area contributed by atoms with Gasteiger partial charge in [-0.2, -0.15) is 0 Å². The van der Waals surface area contributed by atoms with Crippen molar-refractivity contribution in [3.8, 4) is 0 Å². The number of nitrogens with one attached hydrogen (secondary N) is 1. The second-order valence-electron chi connectivity index (χ2n) is 6.83. The van der Waals surface area contributed by atoms with Crippen molar-refractivity contribution in [3.63, 3.8) is 0 Å². The van der Waals surface area contributed by atoms with Gasteiger partial charge in [-0.15, -0.1) is 0 Å². The fourth-order valence-electron chi connectivity index (χ4n) is 3.26. The zero-order valence-electron chi connectivity index (χ0n) is 12.3. The minimum absolute atomic E-state index is 0.326. The quantitative estimate of drug-likeness (QED) is 0.804.